The molecule has 1 aliphatic rings. The lowest BCUT2D eigenvalue weighted by molar-refractivity contribution is -0.113. The Morgan fingerprint density at radius 2 is 1.82 bits per heavy atom. The number of nitrogens with zero attached hydrogens (tertiary/aromatic N) is 3. The highest BCUT2D eigenvalue weighted by Gasteiger charge is 2.34. The number of halogens is 1. The average molecular weight is 544 g/mol. The van der Waals surface area contributed by atoms with Crippen molar-refractivity contribution in [3.63, 3.8) is 0 Å². The van der Waals surface area contributed by atoms with Crippen molar-refractivity contribution in [1.82, 2.24) is 14.8 Å². The smallest absolute Gasteiger partial charge is 0.255 e. The first kappa shape index (κ1) is 26.3. The number of allylic oxidation sites excluding steroid dienone is 1. The standard InChI is InChI=1S/C30H30ClN5O3/c1-5-38-26-15-22(9-13-25(26)39-16-21-7-10-23(31)11-8-21)28-27(20(4)34-30-32-17-33-36(28)30)29(37)35-24-12-6-18(2)14-19(24)3/h6-15,17,28H,5,16H2,1-4H3,(H,35,37)(H,32,33,34)/t28-/m0/s1. The molecule has 0 spiro atoms. The fraction of sp³-hybridized carbons (Fsp3) is 0.233. The monoisotopic (exact) mass is 543 g/mol. The van der Waals surface area contributed by atoms with Gasteiger partial charge >= 0.3 is 0 Å². The van der Waals surface area contributed by atoms with Gasteiger partial charge in [-0.15, -0.1) is 0 Å². The Balaban J connectivity index is 1.49. The average Bonchev–Trinajstić information content (AvgIpc) is 3.38. The van der Waals surface area contributed by atoms with Crippen LogP contribution in [0.4, 0.5) is 11.6 Å². The number of benzene rings is 3. The third kappa shape index (κ3) is 5.61. The number of aryl methyl sites for hydroxylation is 2. The van der Waals surface area contributed by atoms with Crippen LogP contribution in [-0.4, -0.2) is 27.3 Å². The summed E-state index contributed by atoms with van der Waals surface area (Å²) in [4.78, 5) is 18.1. The minimum absolute atomic E-state index is 0.223. The van der Waals surface area contributed by atoms with Gasteiger partial charge in [0, 0.05) is 16.4 Å². The molecule has 0 saturated heterocycles. The Kier molecular flexibility index (Phi) is 7.56. The summed E-state index contributed by atoms with van der Waals surface area (Å²) >= 11 is 6.01. The van der Waals surface area contributed by atoms with E-state index in [-0.39, 0.29) is 5.91 Å². The van der Waals surface area contributed by atoms with Gasteiger partial charge in [0.2, 0.25) is 5.95 Å². The number of aromatic nitrogens is 3. The zero-order valence-electron chi connectivity index (χ0n) is 22.3. The zero-order chi connectivity index (χ0) is 27.5. The second-order valence-corrected chi connectivity index (χ2v) is 9.86. The first-order valence-corrected chi connectivity index (χ1v) is 13.1. The highest BCUT2D eigenvalue weighted by Crippen LogP contribution is 2.39. The van der Waals surface area contributed by atoms with Gasteiger partial charge in [0.15, 0.2) is 11.5 Å². The predicted octanol–water partition coefficient (Wildman–Crippen LogP) is 6.45. The molecule has 0 saturated carbocycles. The van der Waals surface area contributed by atoms with Crippen molar-refractivity contribution in [3.8, 4) is 11.5 Å². The van der Waals surface area contributed by atoms with Crippen LogP contribution in [0.1, 0.15) is 42.1 Å². The minimum atomic E-state index is -0.529. The summed E-state index contributed by atoms with van der Waals surface area (Å²) < 4.78 is 13.8. The highest BCUT2D eigenvalue weighted by atomic mass is 35.5. The van der Waals surface area contributed by atoms with Gasteiger partial charge in [0.05, 0.1) is 12.2 Å². The van der Waals surface area contributed by atoms with E-state index < -0.39 is 6.04 Å². The van der Waals surface area contributed by atoms with Crippen LogP contribution >= 0.6 is 11.6 Å². The van der Waals surface area contributed by atoms with Gasteiger partial charge in [-0.05, 0) is 74.7 Å². The van der Waals surface area contributed by atoms with E-state index in [1.807, 2.05) is 88.4 Å². The molecule has 0 radical (unpaired) electrons. The summed E-state index contributed by atoms with van der Waals surface area (Å²) in [5.41, 5.74) is 5.91. The van der Waals surface area contributed by atoms with E-state index in [1.54, 1.807) is 4.68 Å². The molecular formula is C30H30ClN5O3. The quantitative estimate of drug-likeness (QED) is 0.265. The van der Waals surface area contributed by atoms with Crippen LogP contribution in [0.5, 0.6) is 11.5 Å². The highest BCUT2D eigenvalue weighted by molar-refractivity contribution is 6.30. The Morgan fingerprint density at radius 3 is 2.56 bits per heavy atom. The second-order valence-electron chi connectivity index (χ2n) is 9.42. The van der Waals surface area contributed by atoms with E-state index in [1.165, 1.54) is 6.33 Å². The molecule has 2 heterocycles. The van der Waals surface area contributed by atoms with E-state index in [9.17, 15) is 4.79 Å². The van der Waals surface area contributed by atoms with Crippen LogP contribution in [-0.2, 0) is 11.4 Å². The first-order valence-electron chi connectivity index (χ1n) is 12.7. The molecule has 200 valence electrons. The summed E-state index contributed by atoms with van der Waals surface area (Å²) in [6.45, 7) is 8.61. The van der Waals surface area contributed by atoms with Gasteiger partial charge < -0.3 is 20.1 Å². The van der Waals surface area contributed by atoms with Crippen LogP contribution in [0.2, 0.25) is 5.02 Å². The molecule has 1 amide bonds. The summed E-state index contributed by atoms with van der Waals surface area (Å²) in [5, 5.41) is 11.4. The first-order chi connectivity index (χ1) is 18.8. The van der Waals surface area contributed by atoms with Gasteiger partial charge in [0.1, 0.15) is 19.0 Å². The van der Waals surface area contributed by atoms with Gasteiger partial charge in [-0.2, -0.15) is 10.1 Å². The predicted molar refractivity (Wildman–Crippen MR) is 152 cm³/mol. The summed E-state index contributed by atoms with van der Waals surface area (Å²) in [6, 6.07) is 18.6. The molecule has 5 rings (SSSR count). The number of rotatable bonds is 8. The van der Waals surface area contributed by atoms with E-state index >= 15 is 0 Å². The Hall–Kier alpha value is -4.30. The molecule has 4 aromatic rings. The maximum absolute atomic E-state index is 13.8. The lowest BCUT2D eigenvalue weighted by atomic mass is 9.94. The number of hydrogen-bond donors (Lipinski definition) is 2. The maximum Gasteiger partial charge on any atom is 0.255 e. The zero-order valence-corrected chi connectivity index (χ0v) is 23.0. The molecule has 0 fully saturated rings. The molecular weight excluding hydrogens is 514 g/mol. The normalized spacial score (nSPS) is 14.4. The summed E-state index contributed by atoms with van der Waals surface area (Å²) in [7, 11) is 0. The number of anilines is 2. The Morgan fingerprint density at radius 1 is 1.03 bits per heavy atom. The molecule has 2 N–H and O–H groups in total. The molecule has 1 aromatic heterocycles. The maximum atomic E-state index is 13.8. The lowest BCUT2D eigenvalue weighted by Crippen LogP contribution is -2.31. The van der Waals surface area contributed by atoms with Crippen molar-refractivity contribution in [3.05, 3.63) is 106 Å². The molecule has 9 heteroatoms. The Labute approximate surface area is 232 Å². The van der Waals surface area contributed by atoms with Crippen molar-refractivity contribution in [2.24, 2.45) is 0 Å². The SMILES string of the molecule is CCOc1cc([C@H]2C(C(=O)Nc3ccc(C)cc3C)=C(C)Nc3ncnn32)ccc1OCc1ccc(Cl)cc1. The van der Waals surface area contributed by atoms with Gasteiger partial charge in [0.25, 0.3) is 5.91 Å². The minimum Gasteiger partial charge on any atom is -0.490 e. The molecule has 8 nitrogen and oxygen atoms in total. The van der Waals surface area contributed by atoms with E-state index in [0.29, 0.717) is 47.0 Å². The van der Waals surface area contributed by atoms with Gasteiger partial charge in [-0.25, -0.2) is 4.68 Å². The molecule has 0 aliphatic carbocycles. The van der Waals surface area contributed by atoms with Crippen LogP contribution < -0.4 is 20.1 Å². The third-order valence-corrected chi connectivity index (χ3v) is 6.81. The van der Waals surface area contributed by atoms with E-state index in [2.05, 4.69) is 20.7 Å². The summed E-state index contributed by atoms with van der Waals surface area (Å²) in [6.07, 6.45) is 1.47. The van der Waals surface area contributed by atoms with Crippen molar-refractivity contribution in [1.29, 1.82) is 0 Å². The molecule has 0 bridgehead atoms. The molecule has 1 atom stereocenters. The van der Waals surface area contributed by atoms with Crippen LogP contribution in [0, 0.1) is 13.8 Å². The van der Waals surface area contributed by atoms with Crippen molar-refractivity contribution in [2.75, 3.05) is 17.2 Å². The van der Waals surface area contributed by atoms with Crippen LogP contribution in [0.15, 0.2) is 78.3 Å². The molecule has 39 heavy (non-hydrogen) atoms. The van der Waals surface area contributed by atoms with E-state index in [0.717, 1.165) is 27.9 Å². The number of hydrogen-bond acceptors (Lipinski definition) is 6. The molecule has 3 aromatic carbocycles. The van der Waals surface area contributed by atoms with Gasteiger partial charge in [-0.3, -0.25) is 4.79 Å². The topological polar surface area (TPSA) is 90.3 Å². The fourth-order valence-corrected chi connectivity index (χ4v) is 4.79. The number of fused-ring (bicyclic) bond motifs is 1. The van der Waals surface area contributed by atoms with Crippen molar-refractivity contribution in [2.45, 2.75) is 40.3 Å². The van der Waals surface area contributed by atoms with Crippen molar-refractivity contribution < 1.29 is 14.3 Å². The lowest BCUT2D eigenvalue weighted by Gasteiger charge is -2.29. The van der Waals surface area contributed by atoms with Crippen LogP contribution in [0.3, 0.4) is 0 Å². The summed E-state index contributed by atoms with van der Waals surface area (Å²) in [5.74, 6) is 1.52. The number of nitrogens with one attached hydrogen (secondary N) is 2. The third-order valence-electron chi connectivity index (χ3n) is 6.56. The number of carbonyl (C=O) groups is 1. The number of amides is 1. The number of carbonyl (C=O) groups excluding carboxylic acids is 1. The molecule has 1 aliphatic heterocycles. The number of ether oxygens (including phenoxy) is 2. The van der Waals surface area contributed by atoms with Crippen LogP contribution in [0.25, 0.3) is 0 Å². The largest absolute Gasteiger partial charge is 0.490 e. The van der Waals surface area contributed by atoms with E-state index in [4.69, 9.17) is 21.1 Å². The molecule has 0 unspecified atom stereocenters. The fourth-order valence-electron chi connectivity index (χ4n) is 4.66. The Bertz CT molecular complexity index is 1540. The van der Waals surface area contributed by atoms with Crippen molar-refractivity contribution >= 4 is 29.1 Å². The second kappa shape index (κ2) is 11.2. The van der Waals surface area contributed by atoms with Gasteiger partial charge in [-0.1, -0.05) is 47.5 Å².